The molecule has 1 fully saturated rings. The van der Waals surface area contributed by atoms with Crippen LogP contribution in [-0.2, 0) is 0 Å². The van der Waals surface area contributed by atoms with Gasteiger partial charge in [-0.05, 0) is 25.5 Å². The van der Waals surface area contributed by atoms with Crippen LogP contribution in [-0.4, -0.2) is 26.3 Å². The topological polar surface area (TPSA) is 42.9 Å². The maximum atomic E-state index is 12.0. The van der Waals surface area contributed by atoms with Crippen molar-refractivity contribution in [2.24, 2.45) is 0 Å². The molecule has 1 unspecified atom stereocenters. The van der Waals surface area contributed by atoms with Gasteiger partial charge in [-0.25, -0.2) is 4.98 Å². The molecule has 1 aliphatic rings. The summed E-state index contributed by atoms with van der Waals surface area (Å²) in [6, 6.07) is 0. The van der Waals surface area contributed by atoms with Crippen LogP contribution < -0.4 is 0 Å². The van der Waals surface area contributed by atoms with Gasteiger partial charge in [0.1, 0.15) is 5.69 Å². The number of hydrogen-bond donors (Lipinski definition) is 0. The molecule has 1 saturated heterocycles. The SMILES string of the molecule is CC1(C(=O)c2cnccn2)CCCS1. The highest BCUT2D eigenvalue weighted by Crippen LogP contribution is 2.39. The lowest BCUT2D eigenvalue weighted by molar-refractivity contribution is 0.0943. The minimum Gasteiger partial charge on any atom is -0.291 e. The first-order valence-corrected chi connectivity index (χ1v) is 5.66. The van der Waals surface area contributed by atoms with Gasteiger partial charge in [-0.2, -0.15) is 0 Å². The molecular weight excluding hydrogens is 196 g/mol. The molecule has 2 rings (SSSR count). The first-order valence-electron chi connectivity index (χ1n) is 4.67. The van der Waals surface area contributed by atoms with E-state index in [-0.39, 0.29) is 10.5 Å². The zero-order valence-electron chi connectivity index (χ0n) is 8.06. The average molecular weight is 208 g/mol. The molecule has 1 aromatic rings. The van der Waals surface area contributed by atoms with E-state index < -0.39 is 0 Å². The maximum absolute atomic E-state index is 12.0. The van der Waals surface area contributed by atoms with Crippen molar-refractivity contribution in [2.75, 3.05) is 5.75 Å². The summed E-state index contributed by atoms with van der Waals surface area (Å²) in [7, 11) is 0. The zero-order chi connectivity index (χ0) is 10.0. The summed E-state index contributed by atoms with van der Waals surface area (Å²) in [5.41, 5.74) is 0.490. The Morgan fingerprint density at radius 1 is 1.57 bits per heavy atom. The Balaban J connectivity index is 2.24. The third-order valence-corrected chi connectivity index (χ3v) is 4.01. The molecule has 4 heteroatoms. The number of carbonyl (C=O) groups excluding carboxylic acids is 1. The van der Waals surface area contributed by atoms with E-state index in [2.05, 4.69) is 9.97 Å². The van der Waals surface area contributed by atoms with Gasteiger partial charge in [0.25, 0.3) is 0 Å². The quantitative estimate of drug-likeness (QED) is 0.697. The fraction of sp³-hybridized carbons (Fsp3) is 0.500. The second-order valence-corrected chi connectivity index (χ2v) is 5.20. The van der Waals surface area contributed by atoms with E-state index in [9.17, 15) is 4.79 Å². The third-order valence-electron chi connectivity index (χ3n) is 2.49. The summed E-state index contributed by atoms with van der Waals surface area (Å²) in [4.78, 5) is 20.0. The third kappa shape index (κ3) is 1.66. The summed E-state index contributed by atoms with van der Waals surface area (Å²) in [5, 5.41) is 0. The number of aromatic nitrogens is 2. The van der Waals surface area contributed by atoms with Gasteiger partial charge in [0.2, 0.25) is 0 Å². The molecule has 0 bridgehead atoms. The summed E-state index contributed by atoms with van der Waals surface area (Å²) >= 11 is 1.73. The molecule has 74 valence electrons. The van der Waals surface area contributed by atoms with Gasteiger partial charge in [-0.3, -0.25) is 9.78 Å². The van der Waals surface area contributed by atoms with Gasteiger partial charge in [0.15, 0.2) is 5.78 Å². The maximum Gasteiger partial charge on any atom is 0.198 e. The van der Waals surface area contributed by atoms with Crippen molar-refractivity contribution in [3.8, 4) is 0 Å². The van der Waals surface area contributed by atoms with Crippen molar-refractivity contribution in [3.05, 3.63) is 24.3 Å². The predicted molar refractivity (Wildman–Crippen MR) is 56.5 cm³/mol. The molecule has 0 N–H and O–H groups in total. The van der Waals surface area contributed by atoms with E-state index in [1.807, 2.05) is 6.92 Å². The first kappa shape index (κ1) is 9.65. The van der Waals surface area contributed by atoms with E-state index in [1.54, 1.807) is 30.4 Å². The number of nitrogens with zero attached hydrogens (tertiary/aromatic N) is 2. The highest BCUT2D eigenvalue weighted by Gasteiger charge is 2.38. The van der Waals surface area contributed by atoms with Gasteiger partial charge in [0.05, 0.1) is 10.9 Å². The fourth-order valence-electron chi connectivity index (χ4n) is 1.65. The number of Topliss-reactive ketones (excluding diaryl/α,β-unsaturated/α-hetero) is 1. The van der Waals surface area contributed by atoms with Crippen LogP contribution in [0.4, 0.5) is 0 Å². The molecule has 2 heterocycles. The van der Waals surface area contributed by atoms with Crippen molar-refractivity contribution in [1.29, 1.82) is 0 Å². The molecule has 1 atom stereocenters. The van der Waals surface area contributed by atoms with Crippen molar-refractivity contribution >= 4 is 17.5 Å². The van der Waals surface area contributed by atoms with Crippen molar-refractivity contribution in [2.45, 2.75) is 24.5 Å². The lowest BCUT2D eigenvalue weighted by atomic mass is 9.98. The van der Waals surface area contributed by atoms with Gasteiger partial charge in [-0.15, -0.1) is 11.8 Å². The van der Waals surface area contributed by atoms with E-state index in [1.165, 1.54) is 0 Å². The van der Waals surface area contributed by atoms with Gasteiger partial charge in [0, 0.05) is 12.4 Å². The van der Waals surface area contributed by atoms with Crippen LogP contribution in [0.15, 0.2) is 18.6 Å². The van der Waals surface area contributed by atoms with Gasteiger partial charge < -0.3 is 0 Å². The van der Waals surface area contributed by atoms with Gasteiger partial charge >= 0.3 is 0 Å². The number of thioether (sulfide) groups is 1. The molecular formula is C10H12N2OS. The Kier molecular flexibility index (Phi) is 2.54. The first-order chi connectivity index (χ1) is 6.72. The molecule has 0 amide bonds. The molecule has 14 heavy (non-hydrogen) atoms. The Hall–Kier alpha value is -0.900. The van der Waals surface area contributed by atoms with Crippen LogP contribution in [0.2, 0.25) is 0 Å². The number of rotatable bonds is 2. The molecule has 0 saturated carbocycles. The zero-order valence-corrected chi connectivity index (χ0v) is 8.88. The standard InChI is InChI=1S/C10H12N2OS/c1-10(3-2-6-14-10)9(13)8-7-11-4-5-12-8/h4-5,7H,2-3,6H2,1H3. The number of hydrogen-bond acceptors (Lipinski definition) is 4. The monoisotopic (exact) mass is 208 g/mol. The summed E-state index contributed by atoms with van der Waals surface area (Å²) in [6.07, 6.45) is 6.77. The Labute approximate surface area is 87.3 Å². The lowest BCUT2D eigenvalue weighted by Gasteiger charge is -2.19. The molecule has 0 aromatic carbocycles. The van der Waals surface area contributed by atoms with Gasteiger partial charge in [-0.1, -0.05) is 0 Å². The smallest absolute Gasteiger partial charge is 0.198 e. The van der Waals surface area contributed by atoms with E-state index in [0.717, 1.165) is 18.6 Å². The van der Waals surface area contributed by atoms with Crippen LogP contribution in [0.1, 0.15) is 30.3 Å². The normalized spacial score (nSPS) is 26.4. The molecule has 0 radical (unpaired) electrons. The Morgan fingerprint density at radius 3 is 3.00 bits per heavy atom. The number of ketones is 1. The highest BCUT2D eigenvalue weighted by atomic mass is 32.2. The minimum atomic E-state index is -0.268. The summed E-state index contributed by atoms with van der Waals surface area (Å²) < 4.78 is -0.268. The average Bonchev–Trinajstić information content (AvgIpc) is 2.67. The highest BCUT2D eigenvalue weighted by molar-refractivity contribution is 8.01. The van der Waals surface area contributed by atoms with Crippen molar-refractivity contribution in [3.63, 3.8) is 0 Å². The van der Waals surface area contributed by atoms with Crippen molar-refractivity contribution < 1.29 is 4.79 Å². The molecule has 1 aliphatic heterocycles. The summed E-state index contributed by atoms with van der Waals surface area (Å²) in [5.74, 6) is 1.19. The minimum absolute atomic E-state index is 0.119. The van der Waals surface area contributed by atoms with Crippen LogP contribution >= 0.6 is 11.8 Å². The molecule has 0 aliphatic carbocycles. The molecule has 3 nitrogen and oxygen atoms in total. The Bertz CT molecular complexity index is 333. The lowest BCUT2D eigenvalue weighted by Crippen LogP contribution is -2.29. The van der Waals surface area contributed by atoms with Crippen LogP contribution in [0.3, 0.4) is 0 Å². The van der Waals surface area contributed by atoms with Crippen LogP contribution in [0.25, 0.3) is 0 Å². The van der Waals surface area contributed by atoms with Crippen LogP contribution in [0.5, 0.6) is 0 Å². The molecule has 1 aromatic heterocycles. The van der Waals surface area contributed by atoms with Crippen LogP contribution in [0, 0.1) is 0 Å². The van der Waals surface area contributed by atoms with Crippen molar-refractivity contribution in [1.82, 2.24) is 9.97 Å². The second kappa shape index (κ2) is 3.69. The van der Waals surface area contributed by atoms with E-state index in [0.29, 0.717) is 5.69 Å². The second-order valence-electron chi connectivity index (χ2n) is 3.60. The number of carbonyl (C=O) groups is 1. The van der Waals surface area contributed by atoms with E-state index in [4.69, 9.17) is 0 Å². The largest absolute Gasteiger partial charge is 0.291 e. The molecule has 0 spiro atoms. The summed E-state index contributed by atoms with van der Waals surface area (Å²) in [6.45, 7) is 2.00. The Morgan fingerprint density at radius 2 is 2.43 bits per heavy atom. The predicted octanol–water partition coefficient (Wildman–Crippen LogP) is 1.95. The fourth-order valence-corrected chi connectivity index (χ4v) is 2.91. The van der Waals surface area contributed by atoms with E-state index >= 15 is 0 Å².